The average molecular weight is 436 g/mol. The topological polar surface area (TPSA) is 139 Å². The van der Waals surface area contributed by atoms with Crippen LogP contribution in [0, 0.1) is 0 Å². The number of Topliss-reactive ketones (excluding diaryl/α,β-unsaturated/α-hetero) is 1. The highest BCUT2D eigenvalue weighted by Gasteiger charge is 2.31. The van der Waals surface area contributed by atoms with Crippen molar-refractivity contribution in [2.24, 2.45) is 0 Å². The number of cyclic esters (lactones) is 1. The van der Waals surface area contributed by atoms with Gasteiger partial charge in [-0.1, -0.05) is 11.6 Å². The first-order valence-electron chi connectivity index (χ1n) is 9.02. The summed E-state index contributed by atoms with van der Waals surface area (Å²) in [5, 5.41) is 22.3. The third-order valence-corrected chi connectivity index (χ3v) is 5.13. The molecule has 1 aromatic rings. The zero-order chi connectivity index (χ0) is 22.0. The summed E-state index contributed by atoms with van der Waals surface area (Å²) >= 11 is 6.10. The van der Waals surface area contributed by atoms with Gasteiger partial charge in [0.05, 0.1) is 30.0 Å². The lowest BCUT2D eigenvalue weighted by Gasteiger charge is -2.20. The van der Waals surface area contributed by atoms with E-state index in [0.717, 1.165) is 12.1 Å². The summed E-state index contributed by atoms with van der Waals surface area (Å²) in [7, 11) is 1.23. The van der Waals surface area contributed by atoms with E-state index in [4.69, 9.17) is 21.1 Å². The molecule has 9 nitrogen and oxygen atoms in total. The molecule has 0 spiro atoms. The molecule has 0 unspecified atom stereocenters. The van der Waals surface area contributed by atoms with E-state index in [-0.39, 0.29) is 65.5 Å². The molecule has 1 amide bonds. The number of hydrogen-bond acceptors (Lipinski definition) is 8. The Kier molecular flexibility index (Phi) is 6.12. The molecule has 0 aromatic heterocycles. The fourth-order valence-corrected chi connectivity index (χ4v) is 3.57. The quantitative estimate of drug-likeness (QED) is 0.447. The molecule has 1 heterocycles. The normalized spacial score (nSPS) is 18.1. The van der Waals surface area contributed by atoms with Crippen LogP contribution < -0.4 is 5.32 Å². The van der Waals surface area contributed by atoms with Gasteiger partial charge in [0.2, 0.25) is 17.5 Å². The molecular formula is C20H18ClNO8. The van der Waals surface area contributed by atoms with Gasteiger partial charge in [-0.25, -0.2) is 4.79 Å². The Bertz CT molecular complexity index is 1020. The third kappa shape index (κ3) is 4.02. The number of hydrogen-bond donors (Lipinski definition) is 3. The van der Waals surface area contributed by atoms with E-state index in [1.807, 2.05) is 0 Å². The molecular weight excluding hydrogens is 418 g/mol. The van der Waals surface area contributed by atoms with Gasteiger partial charge >= 0.3 is 5.97 Å². The second-order valence-electron chi connectivity index (χ2n) is 6.63. The molecule has 0 saturated heterocycles. The van der Waals surface area contributed by atoms with Crippen molar-refractivity contribution in [1.82, 2.24) is 5.32 Å². The first-order chi connectivity index (χ1) is 14.2. The number of fused-ring (bicyclic) bond motifs is 3. The predicted molar refractivity (Wildman–Crippen MR) is 103 cm³/mol. The molecule has 2 bridgehead atoms. The fraction of sp³-hybridized carbons (Fsp3) is 0.300. The lowest BCUT2D eigenvalue weighted by atomic mass is 9.95. The number of aromatic hydroxyl groups is 2. The van der Waals surface area contributed by atoms with Crippen LogP contribution in [0.2, 0.25) is 5.02 Å². The van der Waals surface area contributed by atoms with E-state index < -0.39 is 34.9 Å². The van der Waals surface area contributed by atoms with Crippen LogP contribution in [-0.4, -0.2) is 47.4 Å². The van der Waals surface area contributed by atoms with Crippen molar-refractivity contribution in [3.63, 3.8) is 0 Å². The molecule has 30 heavy (non-hydrogen) atoms. The monoisotopic (exact) mass is 435 g/mol. The lowest BCUT2D eigenvalue weighted by molar-refractivity contribution is -0.123. The molecule has 0 saturated carbocycles. The van der Waals surface area contributed by atoms with Crippen LogP contribution in [0.3, 0.4) is 0 Å². The fourth-order valence-electron chi connectivity index (χ4n) is 3.32. The molecule has 0 atom stereocenters. The molecule has 158 valence electrons. The van der Waals surface area contributed by atoms with E-state index in [9.17, 15) is 29.4 Å². The van der Waals surface area contributed by atoms with Crippen molar-refractivity contribution in [2.75, 3.05) is 13.7 Å². The van der Waals surface area contributed by atoms with Crippen molar-refractivity contribution in [3.8, 4) is 11.5 Å². The maximum absolute atomic E-state index is 12.7. The van der Waals surface area contributed by atoms with Crippen LogP contribution in [0.15, 0.2) is 29.2 Å². The Morgan fingerprint density at radius 3 is 2.53 bits per heavy atom. The van der Waals surface area contributed by atoms with E-state index in [1.54, 1.807) is 0 Å². The minimum atomic E-state index is -0.921. The number of nitrogens with one attached hydrogen (secondary N) is 1. The second-order valence-corrected chi connectivity index (χ2v) is 7.01. The number of halogens is 1. The largest absolute Gasteiger partial charge is 0.507 e. The molecule has 3 rings (SSSR count). The molecule has 1 aliphatic carbocycles. The van der Waals surface area contributed by atoms with Crippen LogP contribution in [0.25, 0.3) is 0 Å². The molecule has 1 aliphatic heterocycles. The maximum atomic E-state index is 12.7. The molecule has 3 N–H and O–H groups in total. The maximum Gasteiger partial charge on any atom is 0.342 e. The Morgan fingerprint density at radius 2 is 1.83 bits per heavy atom. The number of rotatable bonds is 1. The van der Waals surface area contributed by atoms with Gasteiger partial charge in [-0.3, -0.25) is 14.4 Å². The zero-order valence-corrected chi connectivity index (χ0v) is 16.7. The van der Waals surface area contributed by atoms with Gasteiger partial charge in [0, 0.05) is 25.0 Å². The number of carbonyl (C=O) groups excluding carboxylic acids is 4. The Balaban J connectivity index is 2.01. The van der Waals surface area contributed by atoms with Crippen LogP contribution >= 0.6 is 11.6 Å². The van der Waals surface area contributed by atoms with Crippen molar-refractivity contribution in [3.05, 3.63) is 45.3 Å². The van der Waals surface area contributed by atoms with Crippen molar-refractivity contribution in [1.29, 1.82) is 0 Å². The summed E-state index contributed by atoms with van der Waals surface area (Å²) in [6, 6.07) is 0.921. The number of benzene rings is 1. The zero-order valence-electron chi connectivity index (χ0n) is 15.9. The SMILES string of the molecule is COC1=C2CCOC(=O)c3c(O)cc(O)c(Cl)c3CCCC(=O)NC(=CC1=O)C2=O. The number of methoxy groups -OCH3 is 1. The van der Waals surface area contributed by atoms with E-state index in [2.05, 4.69) is 5.32 Å². The molecule has 0 radical (unpaired) electrons. The predicted octanol–water partition coefficient (Wildman–Crippen LogP) is 1.69. The molecule has 1 aromatic carbocycles. The highest BCUT2D eigenvalue weighted by Crippen LogP contribution is 2.37. The van der Waals surface area contributed by atoms with Gasteiger partial charge in [0.15, 0.2) is 5.76 Å². The highest BCUT2D eigenvalue weighted by molar-refractivity contribution is 6.33. The second kappa shape index (κ2) is 8.58. The Labute approximate surface area is 175 Å². The number of phenolic OH excluding ortho intramolecular Hbond substituents is 2. The smallest absolute Gasteiger partial charge is 0.342 e. The Hall–Kier alpha value is -3.33. The summed E-state index contributed by atoms with van der Waals surface area (Å²) in [4.78, 5) is 49.8. The minimum absolute atomic E-state index is 0.0432. The number of allylic oxidation sites excluding steroid dienone is 2. The molecule has 10 heteroatoms. The van der Waals surface area contributed by atoms with E-state index in [1.165, 1.54) is 7.11 Å². The van der Waals surface area contributed by atoms with Gasteiger partial charge in [0.25, 0.3) is 0 Å². The minimum Gasteiger partial charge on any atom is -0.507 e. The van der Waals surface area contributed by atoms with Gasteiger partial charge in [0.1, 0.15) is 17.1 Å². The number of carbonyl (C=O) groups is 4. The number of phenols is 2. The lowest BCUT2D eigenvalue weighted by Crippen LogP contribution is -2.33. The highest BCUT2D eigenvalue weighted by atomic mass is 35.5. The average Bonchev–Trinajstić information content (AvgIpc) is 2.68. The summed E-state index contributed by atoms with van der Waals surface area (Å²) in [6.07, 6.45) is 1.01. The van der Waals surface area contributed by atoms with Crippen LogP contribution in [0.5, 0.6) is 11.5 Å². The van der Waals surface area contributed by atoms with Crippen molar-refractivity contribution < 1.29 is 38.9 Å². The standard InChI is InChI=1S/C20H18ClNO8/c1-29-19-10-5-6-30-20(28)16-9(17(21)13(24)8-12(16)23)3-2-4-15(26)22-11(18(10)27)7-14(19)25/h7-8,23-24H,2-6H2,1H3,(H,22,26). The van der Waals surface area contributed by atoms with Crippen molar-refractivity contribution >= 4 is 35.0 Å². The summed E-state index contributed by atoms with van der Waals surface area (Å²) in [5.74, 6) is -3.78. The molecule has 2 aliphatic rings. The molecule has 0 fully saturated rings. The van der Waals surface area contributed by atoms with Gasteiger partial charge in [-0.05, 0) is 18.4 Å². The van der Waals surface area contributed by atoms with Gasteiger partial charge in [-0.2, -0.15) is 0 Å². The Morgan fingerprint density at radius 1 is 1.10 bits per heavy atom. The number of ketones is 2. The van der Waals surface area contributed by atoms with E-state index >= 15 is 0 Å². The summed E-state index contributed by atoms with van der Waals surface area (Å²) in [5.41, 5.74) is -0.314. The van der Waals surface area contributed by atoms with Crippen LogP contribution in [0.4, 0.5) is 0 Å². The number of esters is 1. The van der Waals surface area contributed by atoms with Crippen LogP contribution in [-0.2, 0) is 30.3 Å². The van der Waals surface area contributed by atoms with Gasteiger partial charge in [-0.15, -0.1) is 0 Å². The van der Waals surface area contributed by atoms with Gasteiger partial charge < -0.3 is 25.0 Å². The first-order valence-corrected chi connectivity index (χ1v) is 9.40. The first kappa shape index (κ1) is 21.4. The summed E-state index contributed by atoms with van der Waals surface area (Å²) in [6.45, 7) is -0.307. The number of ether oxygens (including phenoxy) is 2. The summed E-state index contributed by atoms with van der Waals surface area (Å²) < 4.78 is 10.2. The third-order valence-electron chi connectivity index (χ3n) is 4.71. The van der Waals surface area contributed by atoms with Crippen LogP contribution in [0.1, 0.15) is 35.2 Å². The van der Waals surface area contributed by atoms with Crippen molar-refractivity contribution in [2.45, 2.75) is 25.7 Å². The number of amides is 1. The van der Waals surface area contributed by atoms with E-state index in [0.29, 0.717) is 0 Å².